The van der Waals surface area contributed by atoms with Crippen molar-refractivity contribution in [1.29, 1.82) is 0 Å². The van der Waals surface area contributed by atoms with E-state index in [1.807, 2.05) is 29.2 Å². The van der Waals surface area contributed by atoms with Crippen molar-refractivity contribution in [2.45, 2.75) is 25.9 Å². The molecule has 1 aliphatic heterocycles. The standard InChI is InChI=1S/C22H21BrFN3O4/c1-13(20(28)25-17-7-6-15(23)12-16(17)24)30-21(29)14-8-10-27(11-9-14)22-26-18-4-2-3-5-19(18)31-22/h2-7,12-14H,8-11H2,1H3,(H,25,28). The number of hydrogen-bond donors (Lipinski definition) is 1. The molecule has 2 heterocycles. The van der Waals surface area contributed by atoms with E-state index in [-0.39, 0.29) is 11.6 Å². The predicted octanol–water partition coefficient (Wildman–Crippen LogP) is 4.52. The fourth-order valence-corrected chi connectivity index (χ4v) is 3.78. The molecule has 162 valence electrons. The number of hydrogen-bond acceptors (Lipinski definition) is 6. The van der Waals surface area contributed by atoms with Crippen molar-refractivity contribution in [3.63, 3.8) is 0 Å². The van der Waals surface area contributed by atoms with Crippen LogP contribution in [0.25, 0.3) is 11.1 Å². The fourth-order valence-electron chi connectivity index (χ4n) is 3.45. The lowest BCUT2D eigenvalue weighted by Crippen LogP contribution is -2.39. The third kappa shape index (κ3) is 4.87. The monoisotopic (exact) mass is 489 g/mol. The zero-order chi connectivity index (χ0) is 22.0. The lowest BCUT2D eigenvalue weighted by atomic mass is 9.97. The van der Waals surface area contributed by atoms with Gasteiger partial charge in [-0.3, -0.25) is 9.59 Å². The van der Waals surface area contributed by atoms with Gasteiger partial charge in [-0.2, -0.15) is 4.98 Å². The summed E-state index contributed by atoms with van der Waals surface area (Å²) in [5.41, 5.74) is 1.55. The normalized spacial score (nSPS) is 15.6. The Morgan fingerprint density at radius 3 is 2.71 bits per heavy atom. The molecular formula is C22H21BrFN3O4. The average molecular weight is 490 g/mol. The van der Waals surface area contributed by atoms with Crippen molar-refractivity contribution in [1.82, 2.24) is 4.98 Å². The molecule has 31 heavy (non-hydrogen) atoms. The Kier molecular flexibility index (Phi) is 6.22. The van der Waals surface area contributed by atoms with Crippen LogP contribution >= 0.6 is 15.9 Å². The lowest BCUT2D eigenvalue weighted by Gasteiger charge is -2.30. The van der Waals surface area contributed by atoms with Crippen LogP contribution in [0.15, 0.2) is 51.4 Å². The number of amides is 1. The van der Waals surface area contributed by atoms with Gasteiger partial charge < -0.3 is 19.4 Å². The molecule has 1 N–H and O–H groups in total. The van der Waals surface area contributed by atoms with Crippen LogP contribution in [-0.4, -0.2) is 36.1 Å². The Morgan fingerprint density at radius 1 is 1.26 bits per heavy atom. The summed E-state index contributed by atoms with van der Waals surface area (Å²) in [5, 5.41) is 2.45. The van der Waals surface area contributed by atoms with E-state index in [9.17, 15) is 14.0 Å². The van der Waals surface area contributed by atoms with Gasteiger partial charge in [0.15, 0.2) is 11.7 Å². The molecule has 3 aromatic rings. The summed E-state index contributed by atoms with van der Waals surface area (Å²) in [6.07, 6.45) is 0.0890. The second-order valence-electron chi connectivity index (χ2n) is 7.42. The van der Waals surface area contributed by atoms with Crippen LogP contribution in [0.1, 0.15) is 19.8 Å². The summed E-state index contributed by atoms with van der Waals surface area (Å²) < 4.78 is 25.6. The number of nitrogens with zero attached hydrogens (tertiary/aromatic N) is 2. The van der Waals surface area contributed by atoms with Crippen molar-refractivity contribution in [2.24, 2.45) is 5.92 Å². The molecule has 0 bridgehead atoms. The number of anilines is 2. The second kappa shape index (κ2) is 9.05. The Bertz CT molecular complexity index is 1080. The van der Waals surface area contributed by atoms with E-state index in [2.05, 4.69) is 26.2 Å². The molecule has 9 heteroatoms. The van der Waals surface area contributed by atoms with Gasteiger partial charge in [-0.25, -0.2) is 4.39 Å². The first kappa shape index (κ1) is 21.3. The van der Waals surface area contributed by atoms with Crippen LogP contribution < -0.4 is 10.2 Å². The predicted molar refractivity (Wildman–Crippen MR) is 117 cm³/mol. The maximum atomic E-state index is 13.9. The zero-order valence-electron chi connectivity index (χ0n) is 16.8. The number of oxazole rings is 1. The van der Waals surface area contributed by atoms with Gasteiger partial charge in [0.05, 0.1) is 11.6 Å². The van der Waals surface area contributed by atoms with Gasteiger partial charge in [-0.1, -0.05) is 28.1 Å². The average Bonchev–Trinajstić information content (AvgIpc) is 3.20. The van der Waals surface area contributed by atoms with Crippen LogP contribution in [0.4, 0.5) is 16.1 Å². The van der Waals surface area contributed by atoms with E-state index >= 15 is 0 Å². The van der Waals surface area contributed by atoms with Crippen LogP contribution in [0.5, 0.6) is 0 Å². The Hall–Kier alpha value is -2.94. The van der Waals surface area contributed by atoms with Gasteiger partial charge in [0, 0.05) is 17.6 Å². The summed E-state index contributed by atoms with van der Waals surface area (Å²) >= 11 is 3.16. The van der Waals surface area contributed by atoms with E-state index in [1.165, 1.54) is 19.1 Å². The van der Waals surface area contributed by atoms with Crippen LogP contribution in [-0.2, 0) is 14.3 Å². The highest BCUT2D eigenvalue weighted by Gasteiger charge is 2.30. The van der Waals surface area contributed by atoms with E-state index in [1.54, 1.807) is 6.07 Å². The maximum absolute atomic E-state index is 13.9. The molecule has 1 saturated heterocycles. The molecule has 1 amide bonds. The molecule has 1 atom stereocenters. The number of rotatable bonds is 5. The van der Waals surface area contributed by atoms with Crippen molar-refractivity contribution in [3.05, 3.63) is 52.8 Å². The number of fused-ring (bicyclic) bond motifs is 1. The number of nitrogens with one attached hydrogen (secondary N) is 1. The SMILES string of the molecule is CC(OC(=O)C1CCN(c2nc3ccccc3o2)CC1)C(=O)Nc1ccc(Br)cc1F. The minimum atomic E-state index is -1.04. The van der Waals surface area contributed by atoms with Gasteiger partial charge >= 0.3 is 5.97 Å². The minimum absolute atomic E-state index is 0.0303. The third-order valence-electron chi connectivity index (χ3n) is 5.23. The maximum Gasteiger partial charge on any atom is 0.309 e. The van der Waals surface area contributed by atoms with Gasteiger partial charge in [-0.15, -0.1) is 0 Å². The topological polar surface area (TPSA) is 84.7 Å². The highest BCUT2D eigenvalue weighted by atomic mass is 79.9. The van der Waals surface area contributed by atoms with Gasteiger partial charge in [-0.05, 0) is 50.1 Å². The van der Waals surface area contributed by atoms with Crippen molar-refractivity contribution in [2.75, 3.05) is 23.3 Å². The number of carbonyl (C=O) groups is 2. The van der Waals surface area contributed by atoms with Crippen LogP contribution in [0.3, 0.4) is 0 Å². The van der Waals surface area contributed by atoms with E-state index in [0.29, 0.717) is 36.4 Å². The quantitative estimate of drug-likeness (QED) is 0.530. The molecule has 0 radical (unpaired) electrons. The number of esters is 1. The van der Waals surface area contributed by atoms with Gasteiger partial charge in [0.2, 0.25) is 0 Å². The van der Waals surface area contributed by atoms with Gasteiger partial charge in [0.1, 0.15) is 11.3 Å². The van der Waals surface area contributed by atoms with Crippen molar-refractivity contribution < 1.29 is 23.1 Å². The van der Waals surface area contributed by atoms with Crippen LogP contribution in [0, 0.1) is 11.7 Å². The molecule has 1 unspecified atom stereocenters. The number of aromatic nitrogens is 1. The molecule has 0 aliphatic carbocycles. The zero-order valence-corrected chi connectivity index (χ0v) is 18.4. The Morgan fingerprint density at radius 2 is 2.00 bits per heavy atom. The first-order chi connectivity index (χ1) is 14.9. The summed E-state index contributed by atoms with van der Waals surface area (Å²) in [5.74, 6) is -1.91. The molecular weight excluding hydrogens is 469 g/mol. The molecule has 7 nitrogen and oxygen atoms in total. The smallest absolute Gasteiger partial charge is 0.309 e. The number of piperidine rings is 1. The largest absolute Gasteiger partial charge is 0.452 e. The highest BCUT2D eigenvalue weighted by molar-refractivity contribution is 9.10. The highest BCUT2D eigenvalue weighted by Crippen LogP contribution is 2.27. The molecule has 2 aromatic carbocycles. The van der Waals surface area contributed by atoms with Crippen molar-refractivity contribution >= 4 is 50.6 Å². The van der Waals surface area contributed by atoms with E-state index < -0.39 is 23.8 Å². The summed E-state index contributed by atoms with van der Waals surface area (Å²) in [7, 11) is 0. The molecule has 0 spiro atoms. The van der Waals surface area contributed by atoms with E-state index in [0.717, 1.165) is 11.1 Å². The molecule has 1 aliphatic rings. The third-order valence-corrected chi connectivity index (χ3v) is 5.73. The van der Waals surface area contributed by atoms with Crippen molar-refractivity contribution in [3.8, 4) is 0 Å². The lowest BCUT2D eigenvalue weighted by molar-refractivity contribution is -0.158. The molecule has 1 aromatic heterocycles. The minimum Gasteiger partial charge on any atom is -0.452 e. The second-order valence-corrected chi connectivity index (χ2v) is 8.33. The molecule has 0 saturated carbocycles. The van der Waals surface area contributed by atoms with Crippen LogP contribution in [0.2, 0.25) is 0 Å². The molecule has 1 fully saturated rings. The number of para-hydroxylation sites is 2. The first-order valence-corrected chi connectivity index (χ1v) is 10.8. The Labute approximate surface area is 186 Å². The summed E-state index contributed by atoms with van der Waals surface area (Å²) in [6, 6.07) is 12.4. The van der Waals surface area contributed by atoms with E-state index in [4.69, 9.17) is 9.15 Å². The number of halogens is 2. The first-order valence-electron chi connectivity index (χ1n) is 9.97. The summed E-state index contributed by atoms with van der Waals surface area (Å²) in [6.45, 7) is 2.66. The molecule has 4 rings (SSSR count). The summed E-state index contributed by atoms with van der Waals surface area (Å²) in [4.78, 5) is 31.3. The van der Waals surface area contributed by atoms with Gasteiger partial charge in [0.25, 0.3) is 11.9 Å². The number of ether oxygens (including phenoxy) is 1. The number of carbonyl (C=O) groups excluding carboxylic acids is 2. The fraction of sp³-hybridized carbons (Fsp3) is 0.318. The number of benzene rings is 2. The Balaban J connectivity index is 1.29.